The van der Waals surface area contributed by atoms with Crippen molar-refractivity contribution in [2.75, 3.05) is 13.1 Å². The summed E-state index contributed by atoms with van der Waals surface area (Å²) in [6.07, 6.45) is 0. The van der Waals surface area contributed by atoms with Crippen molar-refractivity contribution in [1.29, 1.82) is 0 Å². The molecule has 1 aliphatic rings. The Labute approximate surface area is 176 Å². The molecule has 0 unspecified atom stereocenters. The molecule has 2 aromatic carbocycles. The van der Waals surface area contributed by atoms with Crippen molar-refractivity contribution in [3.8, 4) is 5.69 Å². The summed E-state index contributed by atoms with van der Waals surface area (Å²) in [5.74, 6) is 1.22. The maximum atomic E-state index is 13.2. The molecular weight excluding hydrogens is 448 g/mol. The lowest BCUT2D eigenvalue weighted by Gasteiger charge is -2.16. The van der Waals surface area contributed by atoms with Gasteiger partial charge in [0.25, 0.3) is 5.56 Å². The van der Waals surface area contributed by atoms with Crippen LogP contribution in [0, 0.1) is 6.92 Å². The molecule has 5 nitrogen and oxygen atoms in total. The molecule has 1 aliphatic heterocycles. The first-order chi connectivity index (χ1) is 12.6. The molecule has 2 heterocycles. The summed E-state index contributed by atoms with van der Waals surface area (Å²) < 4.78 is 1.67. The molecule has 0 fully saturated rings. The number of aliphatic imine (C=N–C) groups is 1. The van der Waals surface area contributed by atoms with E-state index >= 15 is 0 Å². The molecule has 0 atom stereocenters. The summed E-state index contributed by atoms with van der Waals surface area (Å²) in [7, 11) is 0. The van der Waals surface area contributed by atoms with Crippen LogP contribution in [0.4, 0.5) is 0 Å². The van der Waals surface area contributed by atoms with Crippen molar-refractivity contribution >= 4 is 56.4 Å². The molecule has 0 radical (unpaired) electrons. The summed E-state index contributed by atoms with van der Waals surface area (Å²) in [4.78, 5) is 22.4. The van der Waals surface area contributed by atoms with Gasteiger partial charge in [-0.15, -0.1) is 17.0 Å². The molecule has 1 N–H and O–H groups in total. The summed E-state index contributed by atoms with van der Waals surface area (Å²) in [6, 6.07) is 13.0. The van der Waals surface area contributed by atoms with Gasteiger partial charge in [-0.25, -0.2) is 4.98 Å². The van der Waals surface area contributed by atoms with Crippen molar-refractivity contribution in [3.05, 3.63) is 69.2 Å². The van der Waals surface area contributed by atoms with Crippen LogP contribution in [-0.4, -0.2) is 27.8 Å². The topological polar surface area (TPSA) is 59.3 Å². The molecular formula is C19H18BrClN4OS. The molecule has 27 heavy (non-hydrogen) atoms. The van der Waals surface area contributed by atoms with Gasteiger partial charge < -0.3 is 5.32 Å². The van der Waals surface area contributed by atoms with E-state index in [9.17, 15) is 4.79 Å². The van der Waals surface area contributed by atoms with Crippen LogP contribution in [0.2, 0.25) is 5.02 Å². The van der Waals surface area contributed by atoms with Gasteiger partial charge in [-0.05, 0) is 36.8 Å². The van der Waals surface area contributed by atoms with Crippen molar-refractivity contribution in [1.82, 2.24) is 14.9 Å². The first-order valence-corrected chi connectivity index (χ1v) is 9.69. The van der Waals surface area contributed by atoms with Crippen LogP contribution in [-0.2, 0) is 5.75 Å². The molecule has 140 valence electrons. The van der Waals surface area contributed by atoms with E-state index < -0.39 is 0 Å². The molecule has 0 saturated carbocycles. The number of fused-ring (bicyclic) bond motifs is 1. The Kier molecular flexibility index (Phi) is 6.24. The molecule has 0 aliphatic carbocycles. The standard InChI is InChI=1S/C19H17ClN4OS.BrH/c1-12-14(20)6-4-8-16(12)24-17(11-26-19-21-9-10-22-19)23-15-7-3-2-5-13(15)18(24)25;/h2-8H,9-11H2,1H3,(H,21,22);1H. The van der Waals surface area contributed by atoms with Gasteiger partial charge in [-0.1, -0.05) is 41.6 Å². The van der Waals surface area contributed by atoms with Crippen LogP contribution in [0.25, 0.3) is 16.6 Å². The molecule has 4 rings (SSSR count). The van der Waals surface area contributed by atoms with E-state index in [0.29, 0.717) is 27.5 Å². The normalized spacial score (nSPS) is 13.2. The fourth-order valence-corrected chi connectivity index (χ4v) is 3.98. The maximum absolute atomic E-state index is 13.2. The Bertz CT molecular complexity index is 1080. The van der Waals surface area contributed by atoms with Crippen LogP contribution in [0.15, 0.2) is 52.3 Å². The van der Waals surface area contributed by atoms with Crippen molar-refractivity contribution in [2.45, 2.75) is 12.7 Å². The number of benzene rings is 2. The second-order valence-corrected chi connectivity index (χ2v) is 7.34. The number of amidine groups is 1. The molecule has 0 spiro atoms. The first kappa shape index (κ1) is 19.9. The highest BCUT2D eigenvalue weighted by molar-refractivity contribution is 8.93. The minimum atomic E-state index is -0.0853. The zero-order valence-corrected chi connectivity index (χ0v) is 17.9. The third-order valence-electron chi connectivity index (χ3n) is 4.31. The maximum Gasteiger partial charge on any atom is 0.266 e. The summed E-state index contributed by atoms with van der Waals surface area (Å²) in [5, 5.41) is 5.35. The highest BCUT2D eigenvalue weighted by Crippen LogP contribution is 2.24. The van der Waals surface area contributed by atoms with Gasteiger partial charge in [0.2, 0.25) is 0 Å². The van der Waals surface area contributed by atoms with Gasteiger partial charge in [-0.2, -0.15) is 0 Å². The van der Waals surface area contributed by atoms with Gasteiger partial charge in [-0.3, -0.25) is 14.4 Å². The number of aromatic nitrogens is 2. The van der Waals surface area contributed by atoms with E-state index in [1.807, 2.05) is 43.3 Å². The average molecular weight is 466 g/mol. The lowest BCUT2D eigenvalue weighted by Crippen LogP contribution is -2.25. The minimum Gasteiger partial charge on any atom is -0.363 e. The molecule has 0 amide bonds. The van der Waals surface area contributed by atoms with Gasteiger partial charge in [0.15, 0.2) is 5.17 Å². The number of hydrogen-bond acceptors (Lipinski definition) is 5. The van der Waals surface area contributed by atoms with E-state index in [-0.39, 0.29) is 22.5 Å². The largest absolute Gasteiger partial charge is 0.363 e. The van der Waals surface area contributed by atoms with Crippen LogP contribution >= 0.6 is 40.3 Å². The van der Waals surface area contributed by atoms with Crippen molar-refractivity contribution in [2.24, 2.45) is 4.99 Å². The lowest BCUT2D eigenvalue weighted by molar-refractivity contribution is 0.878. The quantitative estimate of drug-likeness (QED) is 0.632. The fourth-order valence-electron chi connectivity index (χ4n) is 2.97. The molecule has 3 aromatic rings. The summed E-state index contributed by atoms with van der Waals surface area (Å²) in [5.41, 5.74) is 2.23. The Hall–Kier alpha value is -1.83. The fraction of sp³-hybridized carbons (Fsp3) is 0.211. The van der Waals surface area contributed by atoms with Crippen LogP contribution in [0.1, 0.15) is 11.4 Å². The van der Waals surface area contributed by atoms with Crippen LogP contribution in [0.5, 0.6) is 0 Å². The summed E-state index contributed by atoms with van der Waals surface area (Å²) in [6.45, 7) is 3.56. The predicted octanol–water partition coefficient (Wildman–Crippen LogP) is 4.12. The molecule has 0 bridgehead atoms. The number of rotatable bonds is 3. The van der Waals surface area contributed by atoms with Gasteiger partial charge in [0, 0.05) is 11.6 Å². The number of hydrogen-bond donors (Lipinski definition) is 1. The van der Waals surface area contributed by atoms with Gasteiger partial charge in [0.1, 0.15) is 5.82 Å². The Morgan fingerprint density at radius 3 is 2.81 bits per heavy atom. The molecule has 1 aromatic heterocycles. The zero-order chi connectivity index (χ0) is 18.1. The SMILES string of the molecule is Br.Cc1c(Cl)cccc1-n1c(CSC2=NCCN2)nc2ccccc2c1=O. The van der Waals surface area contributed by atoms with Crippen molar-refractivity contribution < 1.29 is 0 Å². The van der Waals surface area contributed by atoms with E-state index in [1.165, 1.54) is 0 Å². The first-order valence-electron chi connectivity index (χ1n) is 8.32. The van der Waals surface area contributed by atoms with Crippen LogP contribution in [0.3, 0.4) is 0 Å². The Morgan fingerprint density at radius 1 is 1.22 bits per heavy atom. The third kappa shape index (κ3) is 3.90. The number of thioether (sulfide) groups is 1. The number of halogens is 2. The van der Waals surface area contributed by atoms with E-state index in [4.69, 9.17) is 16.6 Å². The van der Waals surface area contributed by atoms with E-state index in [2.05, 4.69) is 10.3 Å². The second kappa shape index (κ2) is 8.46. The lowest BCUT2D eigenvalue weighted by atomic mass is 10.2. The summed E-state index contributed by atoms with van der Waals surface area (Å²) >= 11 is 7.85. The highest BCUT2D eigenvalue weighted by Gasteiger charge is 2.16. The minimum absolute atomic E-state index is 0. The Morgan fingerprint density at radius 2 is 2.04 bits per heavy atom. The average Bonchev–Trinajstić information content (AvgIpc) is 3.17. The van der Waals surface area contributed by atoms with Gasteiger partial charge in [0.05, 0.1) is 28.9 Å². The monoisotopic (exact) mass is 464 g/mol. The Balaban J connectivity index is 0.00000210. The smallest absolute Gasteiger partial charge is 0.266 e. The number of nitrogens with one attached hydrogen (secondary N) is 1. The third-order valence-corrected chi connectivity index (χ3v) is 5.67. The van der Waals surface area contributed by atoms with Crippen molar-refractivity contribution in [3.63, 3.8) is 0 Å². The zero-order valence-electron chi connectivity index (χ0n) is 14.6. The predicted molar refractivity (Wildman–Crippen MR) is 119 cm³/mol. The number of para-hydroxylation sites is 1. The van der Waals surface area contributed by atoms with E-state index in [0.717, 1.165) is 29.5 Å². The van der Waals surface area contributed by atoms with E-state index in [1.54, 1.807) is 22.4 Å². The highest BCUT2D eigenvalue weighted by atomic mass is 79.9. The molecule has 0 saturated heterocycles. The second-order valence-electron chi connectivity index (χ2n) is 5.97. The van der Waals surface area contributed by atoms with Crippen LogP contribution < -0.4 is 10.9 Å². The number of nitrogens with zero attached hydrogens (tertiary/aromatic N) is 3. The van der Waals surface area contributed by atoms with Gasteiger partial charge >= 0.3 is 0 Å². The molecule has 8 heteroatoms.